The summed E-state index contributed by atoms with van der Waals surface area (Å²) < 4.78 is 192. The molecule has 8 aromatic rings. The van der Waals surface area contributed by atoms with Crippen molar-refractivity contribution >= 4 is 44.2 Å². The summed E-state index contributed by atoms with van der Waals surface area (Å²) in [5.41, 5.74) is -6.84. The van der Waals surface area contributed by atoms with Crippen molar-refractivity contribution in [2.75, 3.05) is 32.1 Å². The first kappa shape index (κ1) is 62.9. The Labute approximate surface area is 452 Å². The summed E-state index contributed by atoms with van der Waals surface area (Å²) in [5, 5.41) is -1.46. The van der Waals surface area contributed by atoms with Crippen LogP contribution in [0.25, 0.3) is 45.0 Å². The second kappa shape index (κ2) is 25.9. The van der Waals surface area contributed by atoms with Gasteiger partial charge in [-0.15, -0.1) is 0 Å². The smallest absolute Gasteiger partial charge is 0.433 e. The highest BCUT2D eigenvalue weighted by Crippen LogP contribution is 2.35. The van der Waals surface area contributed by atoms with Crippen LogP contribution in [-0.4, -0.2) is 105 Å². The molecule has 1 atom stereocenters. The fourth-order valence-corrected chi connectivity index (χ4v) is 7.67. The second-order valence-corrected chi connectivity index (χ2v) is 19.8. The van der Waals surface area contributed by atoms with Gasteiger partial charge in [0.1, 0.15) is 22.8 Å². The van der Waals surface area contributed by atoms with E-state index in [0.29, 0.717) is 24.0 Å². The average molecular weight is 1210 g/mol. The minimum atomic E-state index is -4.86. The van der Waals surface area contributed by atoms with Crippen LogP contribution in [0.3, 0.4) is 0 Å². The number of methoxy groups -OCH3 is 1. The van der Waals surface area contributed by atoms with Crippen LogP contribution < -0.4 is 21.4 Å². The number of aromatic amines is 3. The third kappa shape index (κ3) is 17.0. The first-order valence-corrected chi connectivity index (χ1v) is 27.1. The van der Waals surface area contributed by atoms with Crippen molar-refractivity contribution in [2.24, 2.45) is 0 Å². The Morgan fingerprint density at radius 2 is 0.863 bits per heavy atom. The van der Waals surface area contributed by atoms with Crippen molar-refractivity contribution in [1.29, 1.82) is 0 Å². The summed E-state index contributed by atoms with van der Waals surface area (Å²) in [6, 6.07) is 14.3. The number of sulfone groups is 1. The van der Waals surface area contributed by atoms with Crippen LogP contribution in [0.4, 0.5) is 52.7 Å². The number of thioether (sulfide) groups is 2. The molecule has 0 aliphatic carbocycles. The van der Waals surface area contributed by atoms with Crippen molar-refractivity contribution in [1.82, 2.24) is 59.8 Å². The molecule has 0 aromatic carbocycles. The number of H-pyrrole nitrogens is 3. The number of aromatic nitrogens is 12. The van der Waals surface area contributed by atoms with E-state index in [-0.39, 0.29) is 50.0 Å². The Kier molecular flexibility index (Phi) is 20.4. The van der Waals surface area contributed by atoms with Gasteiger partial charge in [-0.05, 0) is 85.3 Å². The van der Waals surface area contributed by atoms with Crippen molar-refractivity contribution < 1.29 is 70.0 Å². The normalized spacial score (nSPS) is 12.2. The molecular weight excluding hydrogens is 1180 g/mol. The van der Waals surface area contributed by atoms with Crippen LogP contribution in [0.15, 0.2) is 133 Å². The number of rotatable bonds is 9. The number of alkyl halides is 12. The van der Waals surface area contributed by atoms with E-state index in [9.17, 15) is 79.7 Å². The Bertz CT molecular complexity index is 3830. The largest absolute Gasteiger partial charge is 0.481 e. The molecule has 3 N–H and O–H groups in total. The van der Waals surface area contributed by atoms with Crippen LogP contribution in [-0.2, 0) is 45.3 Å². The SMILES string of the molecule is COc1ncccc1-c1cc(C(F)(F)F)nc(SC)n1.CS(=O)(=O)c1nc(-c2ccc[nH]c2=O)cc(C(F)(F)F)n1.CS(=O)c1nc(-c2ccc[nH]c2=O)cc(C(F)(F)F)n1.CSc1nc(-c2ccc[nH]c2=O)cc(C(F)(F)F)n1. The molecule has 35 heteroatoms. The number of nitrogens with zero attached hydrogens (tertiary/aromatic N) is 9. The van der Waals surface area contributed by atoms with Gasteiger partial charge < -0.3 is 19.7 Å². The third-order valence-corrected chi connectivity index (χ3v) is 12.1. The molecular formula is C45H34F12N12O7S4. The molecule has 0 fully saturated rings. The lowest BCUT2D eigenvalue weighted by molar-refractivity contribution is -0.142. The molecule has 0 amide bonds. The van der Waals surface area contributed by atoms with E-state index in [1.165, 1.54) is 68.3 Å². The number of halogens is 12. The first-order chi connectivity index (χ1) is 37.2. The standard InChI is InChI=1S/C12H10F3N3OS.C11H8F3N3O3S.C11H8F3N3O2S.C11H8F3N3OS/c1-19-10-7(4-3-5-16-10)8-6-9(12(13,14)15)18-11(17-8)20-2;1-21(19,20)10-16-7(5-8(17-10)11(12,13)14)6-3-2-4-15-9(6)18;1-20(19)10-16-7(5-8(17-10)11(12,13)14)6-3-2-4-15-9(6)18;1-19-10-16-7(5-8(17-10)11(12,13)14)6-3-2-4-15-9(6)18/h3-6H,1-2H3;2-5H,1H3,(H,15,18);2-5H,1H3,(H,15,18);2-5H,1H3,(H,15,18). The van der Waals surface area contributed by atoms with Gasteiger partial charge >= 0.3 is 24.7 Å². The molecule has 0 saturated carbocycles. The summed E-state index contributed by atoms with van der Waals surface area (Å²) in [5.74, 6) is 0.214. The van der Waals surface area contributed by atoms with Crippen LogP contribution in [0.1, 0.15) is 22.8 Å². The highest BCUT2D eigenvalue weighted by molar-refractivity contribution is 7.98. The lowest BCUT2D eigenvalue weighted by Crippen LogP contribution is -2.16. The number of hydrogen-bond donors (Lipinski definition) is 3. The van der Waals surface area contributed by atoms with E-state index in [1.807, 2.05) is 0 Å². The monoisotopic (exact) mass is 1210 g/mol. The van der Waals surface area contributed by atoms with Gasteiger partial charge in [0.05, 0.1) is 62.9 Å². The molecule has 0 aliphatic rings. The van der Waals surface area contributed by atoms with Gasteiger partial charge in [0.15, 0.2) is 10.3 Å². The summed E-state index contributed by atoms with van der Waals surface area (Å²) in [6.07, 6.45) is -8.15. The summed E-state index contributed by atoms with van der Waals surface area (Å²) in [4.78, 5) is 74.0. The second-order valence-electron chi connectivity index (χ2n) is 15.1. The van der Waals surface area contributed by atoms with Crippen LogP contribution in [0, 0.1) is 0 Å². The predicted octanol–water partition coefficient (Wildman–Crippen LogP) is 8.70. The van der Waals surface area contributed by atoms with E-state index < -0.39 is 101 Å². The molecule has 80 heavy (non-hydrogen) atoms. The molecule has 0 aliphatic heterocycles. The maximum atomic E-state index is 12.8. The van der Waals surface area contributed by atoms with Crippen molar-refractivity contribution in [3.63, 3.8) is 0 Å². The Morgan fingerprint density at radius 1 is 0.512 bits per heavy atom. The molecule has 8 rings (SSSR count). The van der Waals surface area contributed by atoms with Crippen LogP contribution in [0.2, 0.25) is 0 Å². The fourth-order valence-electron chi connectivity index (χ4n) is 5.93. The van der Waals surface area contributed by atoms with E-state index in [4.69, 9.17) is 4.74 Å². The molecule has 0 radical (unpaired) electrons. The lowest BCUT2D eigenvalue weighted by Gasteiger charge is -2.11. The molecule has 0 spiro atoms. The molecule has 0 bridgehead atoms. The van der Waals surface area contributed by atoms with Gasteiger partial charge in [-0.3, -0.25) is 18.6 Å². The van der Waals surface area contributed by atoms with E-state index in [2.05, 4.69) is 59.8 Å². The molecule has 424 valence electrons. The third-order valence-electron chi connectivity index (χ3n) is 9.46. The number of pyridine rings is 4. The highest BCUT2D eigenvalue weighted by atomic mass is 32.2. The van der Waals surface area contributed by atoms with Crippen molar-refractivity contribution in [2.45, 2.75) is 45.3 Å². The quantitative estimate of drug-likeness (QED) is 0.0692. The van der Waals surface area contributed by atoms with Gasteiger partial charge in [-0.1, -0.05) is 23.5 Å². The Morgan fingerprint density at radius 3 is 1.21 bits per heavy atom. The number of ether oxygens (including phenoxy) is 1. The van der Waals surface area contributed by atoms with Crippen LogP contribution >= 0.6 is 23.5 Å². The predicted molar refractivity (Wildman–Crippen MR) is 265 cm³/mol. The topological polar surface area (TPSA) is 275 Å². The average Bonchev–Trinajstić information content (AvgIpc) is 3.40. The Hall–Kier alpha value is -7.92. The summed E-state index contributed by atoms with van der Waals surface area (Å²) >= 11 is 2.02. The lowest BCUT2D eigenvalue weighted by atomic mass is 10.1. The van der Waals surface area contributed by atoms with Gasteiger partial charge in [0, 0.05) is 37.3 Å². The van der Waals surface area contributed by atoms with Gasteiger partial charge in [-0.2, -0.15) is 52.7 Å². The van der Waals surface area contributed by atoms with Crippen LogP contribution in [0.5, 0.6) is 5.88 Å². The maximum absolute atomic E-state index is 12.8. The molecule has 1 unspecified atom stereocenters. The first-order valence-electron chi connectivity index (χ1n) is 21.2. The minimum Gasteiger partial charge on any atom is -0.481 e. The molecule has 8 heterocycles. The van der Waals surface area contributed by atoms with Crippen molar-refractivity contribution in [3.05, 3.63) is 151 Å². The van der Waals surface area contributed by atoms with Crippen molar-refractivity contribution in [3.8, 4) is 50.9 Å². The zero-order chi connectivity index (χ0) is 59.5. The van der Waals surface area contributed by atoms with Gasteiger partial charge in [0.25, 0.3) is 16.7 Å². The molecule has 0 saturated heterocycles. The zero-order valence-corrected chi connectivity index (χ0v) is 44.1. The van der Waals surface area contributed by atoms with E-state index in [0.717, 1.165) is 41.9 Å². The maximum Gasteiger partial charge on any atom is 0.433 e. The number of nitrogens with one attached hydrogen (secondary N) is 3. The number of hydrogen-bond acceptors (Lipinski definition) is 18. The van der Waals surface area contributed by atoms with Gasteiger partial charge in [0.2, 0.25) is 26.0 Å². The fraction of sp³-hybridized carbons (Fsp3) is 0.200. The molecule has 8 aromatic heterocycles. The Balaban J connectivity index is 0.000000196. The highest BCUT2D eigenvalue weighted by Gasteiger charge is 2.37. The minimum absolute atomic E-state index is 0.0342. The molecule has 19 nitrogen and oxygen atoms in total. The summed E-state index contributed by atoms with van der Waals surface area (Å²) in [7, 11) is -4.47. The summed E-state index contributed by atoms with van der Waals surface area (Å²) in [6.45, 7) is 0. The van der Waals surface area contributed by atoms with E-state index in [1.54, 1.807) is 24.6 Å². The van der Waals surface area contributed by atoms with Gasteiger partial charge in [-0.25, -0.2) is 53.3 Å². The van der Waals surface area contributed by atoms with E-state index >= 15 is 0 Å². The zero-order valence-electron chi connectivity index (χ0n) is 40.8.